The number of imidazole rings is 1. The SMILES string of the molecule is CC(Sc1ncc(-c2ccccc2)[nH]1)C(=O)Nc1ccc(N(C)C)cc1. The fraction of sp³-hybridized carbons (Fsp3) is 0.200. The Hall–Kier alpha value is -2.73. The van der Waals surface area contributed by atoms with Crippen LogP contribution in [0.2, 0.25) is 0 Å². The first-order valence-corrected chi connectivity index (χ1v) is 9.26. The van der Waals surface area contributed by atoms with Crippen molar-refractivity contribution in [3.05, 3.63) is 60.8 Å². The first-order valence-electron chi connectivity index (χ1n) is 8.38. The Labute approximate surface area is 157 Å². The van der Waals surface area contributed by atoms with Crippen LogP contribution >= 0.6 is 11.8 Å². The molecule has 26 heavy (non-hydrogen) atoms. The van der Waals surface area contributed by atoms with Crippen molar-refractivity contribution in [2.24, 2.45) is 0 Å². The number of aromatic nitrogens is 2. The molecule has 0 fully saturated rings. The summed E-state index contributed by atoms with van der Waals surface area (Å²) in [5, 5.41) is 3.41. The van der Waals surface area contributed by atoms with Crippen molar-refractivity contribution in [2.45, 2.75) is 17.3 Å². The van der Waals surface area contributed by atoms with Crippen LogP contribution in [0.5, 0.6) is 0 Å². The maximum absolute atomic E-state index is 12.4. The minimum atomic E-state index is -0.265. The molecule has 0 saturated carbocycles. The molecule has 1 atom stereocenters. The highest BCUT2D eigenvalue weighted by Gasteiger charge is 2.16. The van der Waals surface area contributed by atoms with E-state index in [9.17, 15) is 4.79 Å². The maximum Gasteiger partial charge on any atom is 0.237 e. The molecule has 0 radical (unpaired) electrons. The number of rotatable bonds is 6. The number of carbonyl (C=O) groups is 1. The summed E-state index contributed by atoms with van der Waals surface area (Å²) in [4.78, 5) is 22.1. The number of hydrogen-bond donors (Lipinski definition) is 2. The molecule has 0 bridgehead atoms. The number of anilines is 2. The molecular formula is C20H22N4OS. The minimum absolute atomic E-state index is 0.0507. The van der Waals surface area contributed by atoms with Gasteiger partial charge in [-0.2, -0.15) is 0 Å². The third kappa shape index (κ3) is 4.46. The van der Waals surface area contributed by atoms with Gasteiger partial charge < -0.3 is 15.2 Å². The van der Waals surface area contributed by atoms with Gasteiger partial charge in [0.05, 0.1) is 17.1 Å². The van der Waals surface area contributed by atoms with E-state index in [1.54, 1.807) is 6.20 Å². The van der Waals surface area contributed by atoms with Gasteiger partial charge in [-0.25, -0.2) is 4.98 Å². The van der Waals surface area contributed by atoms with Gasteiger partial charge in [-0.3, -0.25) is 4.79 Å². The maximum atomic E-state index is 12.4. The Morgan fingerprint density at radius 2 is 1.81 bits per heavy atom. The number of hydrogen-bond acceptors (Lipinski definition) is 4. The molecule has 0 aliphatic heterocycles. The van der Waals surface area contributed by atoms with Gasteiger partial charge in [-0.1, -0.05) is 42.1 Å². The number of nitrogens with one attached hydrogen (secondary N) is 2. The highest BCUT2D eigenvalue weighted by molar-refractivity contribution is 8.00. The fourth-order valence-corrected chi connectivity index (χ4v) is 3.22. The predicted molar refractivity (Wildman–Crippen MR) is 109 cm³/mol. The van der Waals surface area contributed by atoms with Crippen LogP contribution in [0.3, 0.4) is 0 Å². The number of carbonyl (C=O) groups excluding carboxylic acids is 1. The molecule has 2 aromatic carbocycles. The van der Waals surface area contributed by atoms with E-state index in [0.29, 0.717) is 0 Å². The van der Waals surface area contributed by atoms with Crippen molar-refractivity contribution in [2.75, 3.05) is 24.3 Å². The van der Waals surface area contributed by atoms with Gasteiger partial charge in [0.15, 0.2) is 5.16 Å². The number of benzene rings is 2. The minimum Gasteiger partial charge on any atom is -0.378 e. The highest BCUT2D eigenvalue weighted by Crippen LogP contribution is 2.25. The lowest BCUT2D eigenvalue weighted by Gasteiger charge is -2.14. The topological polar surface area (TPSA) is 61.0 Å². The molecule has 0 aliphatic carbocycles. The van der Waals surface area contributed by atoms with Crippen molar-refractivity contribution in [1.29, 1.82) is 0 Å². The highest BCUT2D eigenvalue weighted by atomic mass is 32.2. The molecule has 3 rings (SSSR count). The predicted octanol–water partition coefficient (Wildman–Crippen LogP) is 4.26. The lowest BCUT2D eigenvalue weighted by molar-refractivity contribution is -0.115. The molecule has 6 heteroatoms. The Morgan fingerprint density at radius 1 is 1.12 bits per heavy atom. The first kappa shape index (κ1) is 18.1. The second kappa shape index (κ2) is 8.10. The molecule has 3 aromatic rings. The number of thioether (sulfide) groups is 1. The fourth-order valence-electron chi connectivity index (χ4n) is 2.43. The number of nitrogens with zero attached hydrogens (tertiary/aromatic N) is 2. The molecule has 1 unspecified atom stereocenters. The summed E-state index contributed by atoms with van der Waals surface area (Å²) in [7, 11) is 3.97. The molecule has 0 spiro atoms. The van der Waals surface area contributed by atoms with Gasteiger partial charge in [0.2, 0.25) is 5.91 Å². The summed E-state index contributed by atoms with van der Waals surface area (Å²) in [6.45, 7) is 1.87. The average Bonchev–Trinajstić information content (AvgIpc) is 3.11. The zero-order chi connectivity index (χ0) is 18.5. The molecule has 1 heterocycles. The third-order valence-corrected chi connectivity index (χ3v) is 4.94. The molecule has 0 aliphatic rings. The van der Waals surface area contributed by atoms with Crippen molar-refractivity contribution in [3.8, 4) is 11.3 Å². The van der Waals surface area contributed by atoms with Crippen molar-refractivity contribution < 1.29 is 4.79 Å². The molecule has 1 aromatic heterocycles. The Kier molecular flexibility index (Phi) is 5.63. The lowest BCUT2D eigenvalue weighted by Crippen LogP contribution is -2.22. The smallest absolute Gasteiger partial charge is 0.237 e. The van der Waals surface area contributed by atoms with Crippen molar-refractivity contribution >= 4 is 29.0 Å². The van der Waals surface area contributed by atoms with E-state index >= 15 is 0 Å². The van der Waals surface area contributed by atoms with Crippen LogP contribution in [0.25, 0.3) is 11.3 Å². The largest absolute Gasteiger partial charge is 0.378 e. The molecule has 134 valence electrons. The summed E-state index contributed by atoms with van der Waals surface area (Å²) in [5.41, 5.74) is 3.90. The van der Waals surface area contributed by atoms with Crippen LogP contribution in [-0.2, 0) is 4.79 Å². The summed E-state index contributed by atoms with van der Waals surface area (Å²) in [6.07, 6.45) is 1.79. The standard InChI is InChI=1S/C20H22N4OS/c1-14(19(25)22-16-9-11-17(12-10-16)24(2)3)26-20-21-13-18(23-20)15-7-5-4-6-8-15/h4-14H,1-3H3,(H,21,23)(H,22,25). The molecule has 2 N–H and O–H groups in total. The van der Waals surface area contributed by atoms with E-state index in [1.807, 2.05) is 80.5 Å². The first-order chi connectivity index (χ1) is 12.5. The van der Waals surface area contributed by atoms with E-state index in [-0.39, 0.29) is 11.2 Å². The van der Waals surface area contributed by atoms with E-state index in [0.717, 1.165) is 27.8 Å². The van der Waals surface area contributed by atoms with Gasteiger partial charge in [0.25, 0.3) is 0 Å². The zero-order valence-corrected chi connectivity index (χ0v) is 15.9. The lowest BCUT2D eigenvalue weighted by atomic mass is 10.2. The van der Waals surface area contributed by atoms with Crippen LogP contribution in [0.15, 0.2) is 66.0 Å². The van der Waals surface area contributed by atoms with Crippen molar-refractivity contribution in [3.63, 3.8) is 0 Å². The average molecular weight is 366 g/mol. The Morgan fingerprint density at radius 3 is 2.46 bits per heavy atom. The Balaban J connectivity index is 1.60. The van der Waals surface area contributed by atoms with Gasteiger partial charge in [0, 0.05) is 25.5 Å². The van der Waals surface area contributed by atoms with E-state index in [1.165, 1.54) is 11.8 Å². The van der Waals surface area contributed by atoms with Gasteiger partial charge in [0.1, 0.15) is 0 Å². The second-order valence-corrected chi connectivity index (χ2v) is 7.49. The number of amides is 1. The van der Waals surface area contributed by atoms with Crippen LogP contribution in [0.4, 0.5) is 11.4 Å². The van der Waals surface area contributed by atoms with E-state index in [2.05, 4.69) is 15.3 Å². The monoisotopic (exact) mass is 366 g/mol. The third-order valence-electron chi connectivity index (χ3n) is 3.95. The molecule has 1 amide bonds. The normalized spacial score (nSPS) is 11.8. The summed E-state index contributed by atoms with van der Waals surface area (Å²) in [6, 6.07) is 17.8. The van der Waals surface area contributed by atoms with Gasteiger partial charge >= 0.3 is 0 Å². The quantitative estimate of drug-likeness (QED) is 0.640. The Bertz CT molecular complexity index is 859. The number of aromatic amines is 1. The van der Waals surface area contributed by atoms with Crippen LogP contribution in [0, 0.1) is 0 Å². The summed E-state index contributed by atoms with van der Waals surface area (Å²) >= 11 is 1.41. The van der Waals surface area contributed by atoms with Crippen LogP contribution < -0.4 is 10.2 Å². The van der Waals surface area contributed by atoms with Crippen molar-refractivity contribution in [1.82, 2.24) is 9.97 Å². The number of H-pyrrole nitrogens is 1. The van der Waals surface area contributed by atoms with Gasteiger partial charge in [-0.05, 0) is 36.8 Å². The zero-order valence-electron chi connectivity index (χ0n) is 15.1. The summed E-state index contributed by atoms with van der Waals surface area (Å²) in [5.74, 6) is -0.0507. The van der Waals surface area contributed by atoms with Crippen LogP contribution in [0.1, 0.15) is 6.92 Å². The van der Waals surface area contributed by atoms with E-state index in [4.69, 9.17) is 0 Å². The molecular weight excluding hydrogens is 344 g/mol. The van der Waals surface area contributed by atoms with E-state index < -0.39 is 0 Å². The molecule has 0 saturated heterocycles. The van der Waals surface area contributed by atoms with Gasteiger partial charge in [-0.15, -0.1) is 0 Å². The second-order valence-electron chi connectivity index (χ2n) is 6.16. The summed E-state index contributed by atoms with van der Waals surface area (Å²) < 4.78 is 0. The molecule has 5 nitrogen and oxygen atoms in total. The van der Waals surface area contributed by atoms with Crippen LogP contribution in [-0.4, -0.2) is 35.2 Å².